The summed E-state index contributed by atoms with van der Waals surface area (Å²) < 4.78 is 9.86. The van der Waals surface area contributed by atoms with E-state index in [4.69, 9.17) is 4.74 Å². The molecule has 5 heteroatoms. The number of amides is 1. The van der Waals surface area contributed by atoms with Gasteiger partial charge in [-0.15, -0.1) is 0 Å². The lowest BCUT2D eigenvalue weighted by Gasteiger charge is -2.24. The quantitative estimate of drug-likeness (QED) is 0.638. The number of hydrogen-bond acceptors (Lipinski definition) is 4. The summed E-state index contributed by atoms with van der Waals surface area (Å²) in [5, 5.41) is 0. The molecule has 0 saturated carbocycles. The molecule has 1 fully saturated rings. The number of carbonyl (C=O) groups is 2. The molecule has 1 aliphatic rings. The molecule has 1 saturated heterocycles. The molecule has 1 heterocycles. The van der Waals surface area contributed by atoms with Crippen molar-refractivity contribution in [1.29, 1.82) is 0 Å². The fraction of sp³-hybridized carbons (Fsp3) is 0.818. The summed E-state index contributed by atoms with van der Waals surface area (Å²) in [5.41, 5.74) is -0.500. The molecule has 0 aromatic rings. The average molecular weight is 229 g/mol. The number of rotatable bonds is 1. The highest BCUT2D eigenvalue weighted by atomic mass is 16.6. The van der Waals surface area contributed by atoms with Crippen molar-refractivity contribution in [3.8, 4) is 0 Å². The van der Waals surface area contributed by atoms with Crippen molar-refractivity contribution in [2.75, 3.05) is 20.2 Å². The first kappa shape index (κ1) is 12.8. The van der Waals surface area contributed by atoms with E-state index in [-0.39, 0.29) is 18.0 Å². The van der Waals surface area contributed by atoms with Gasteiger partial charge in [-0.2, -0.15) is 0 Å². The number of methoxy groups -OCH3 is 1. The molecule has 92 valence electrons. The second kappa shape index (κ2) is 4.72. The molecular weight excluding hydrogens is 210 g/mol. The largest absolute Gasteiger partial charge is 0.469 e. The molecule has 16 heavy (non-hydrogen) atoms. The van der Waals surface area contributed by atoms with Gasteiger partial charge in [0.2, 0.25) is 0 Å². The van der Waals surface area contributed by atoms with Gasteiger partial charge >= 0.3 is 12.1 Å². The van der Waals surface area contributed by atoms with Crippen LogP contribution in [0.4, 0.5) is 4.79 Å². The van der Waals surface area contributed by atoms with Crippen LogP contribution in [0.5, 0.6) is 0 Å². The van der Waals surface area contributed by atoms with Crippen LogP contribution in [0.1, 0.15) is 27.2 Å². The standard InChI is InChI=1S/C11H19NO4/c1-11(2,3)16-10(14)12-6-5-8(7-12)9(13)15-4/h8H,5-7H2,1-4H3/t8-/m1/s1. The highest BCUT2D eigenvalue weighted by Crippen LogP contribution is 2.20. The first-order chi connectivity index (χ1) is 7.33. The minimum atomic E-state index is -0.500. The zero-order chi connectivity index (χ0) is 12.3. The Morgan fingerprint density at radius 2 is 1.94 bits per heavy atom. The van der Waals surface area contributed by atoms with Crippen molar-refractivity contribution >= 4 is 12.1 Å². The van der Waals surface area contributed by atoms with Crippen LogP contribution in [-0.4, -0.2) is 42.8 Å². The molecule has 1 aliphatic heterocycles. The third-order valence-electron chi connectivity index (χ3n) is 2.37. The number of hydrogen-bond donors (Lipinski definition) is 0. The van der Waals surface area contributed by atoms with Gasteiger partial charge in [-0.05, 0) is 27.2 Å². The Hall–Kier alpha value is -1.26. The maximum Gasteiger partial charge on any atom is 0.410 e. The molecule has 0 spiro atoms. The van der Waals surface area contributed by atoms with Crippen molar-refractivity contribution in [2.24, 2.45) is 5.92 Å². The maximum absolute atomic E-state index is 11.7. The van der Waals surface area contributed by atoms with Crippen LogP contribution < -0.4 is 0 Å². The number of ether oxygens (including phenoxy) is 2. The Bertz CT molecular complexity index is 282. The first-order valence-electron chi connectivity index (χ1n) is 5.39. The summed E-state index contributed by atoms with van der Waals surface area (Å²) in [6.07, 6.45) is 0.283. The van der Waals surface area contributed by atoms with E-state index in [1.165, 1.54) is 7.11 Å². The molecule has 0 unspecified atom stereocenters. The van der Waals surface area contributed by atoms with E-state index in [0.717, 1.165) is 0 Å². The highest BCUT2D eigenvalue weighted by Gasteiger charge is 2.33. The van der Waals surface area contributed by atoms with Crippen molar-refractivity contribution < 1.29 is 19.1 Å². The molecule has 1 amide bonds. The zero-order valence-corrected chi connectivity index (χ0v) is 10.3. The summed E-state index contributed by atoms with van der Waals surface area (Å²) in [4.78, 5) is 24.5. The van der Waals surface area contributed by atoms with Crippen LogP contribution in [0.2, 0.25) is 0 Å². The summed E-state index contributed by atoms with van der Waals surface area (Å²) in [5.74, 6) is -0.469. The summed E-state index contributed by atoms with van der Waals surface area (Å²) >= 11 is 0. The van der Waals surface area contributed by atoms with Crippen LogP contribution >= 0.6 is 0 Å². The van der Waals surface area contributed by atoms with Gasteiger partial charge < -0.3 is 14.4 Å². The minimum absolute atomic E-state index is 0.211. The average Bonchev–Trinajstić information content (AvgIpc) is 2.62. The molecule has 0 aromatic carbocycles. The van der Waals surface area contributed by atoms with Crippen molar-refractivity contribution in [1.82, 2.24) is 4.90 Å². The van der Waals surface area contributed by atoms with Gasteiger partial charge in [0.15, 0.2) is 0 Å². The van der Waals surface area contributed by atoms with Gasteiger partial charge in [0.25, 0.3) is 0 Å². The molecule has 0 N–H and O–H groups in total. The second-order valence-electron chi connectivity index (χ2n) is 4.94. The van der Waals surface area contributed by atoms with Crippen molar-refractivity contribution in [3.05, 3.63) is 0 Å². The topological polar surface area (TPSA) is 55.8 Å². The fourth-order valence-electron chi connectivity index (χ4n) is 1.61. The number of likely N-dealkylation sites (tertiary alicyclic amines) is 1. The van der Waals surface area contributed by atoms with Crippen LogP contribution in [0.3, 0.4) is 0 Å². The maximum atomic E-state index is 11.7. The third-order valence-corrected chi connectivity index (χ3v) is 2.37. The van der Waals surface area contributed by atoms with E-state index in [0.29, 0.717) is 19.5 Å². The van der Waals surface area contributed by atoms with Crippen LogP contribution in [0.25, 0.3) is 0 Å². The Labute approximate surface area is 95.7 Å². The predicted molar refractivity (Wildman–Crippen MR) is 57.9 cm³/mol. The molecule has 0 bridgehead atoms. The number of esters is 1. The Kier molecular flexibility index (Phi) is 3.78. The summed E-state index contributed by atoms with van der Waals surface area (Å²) in [6, 6.07) is 0. The molecule has 0 aliphatic carbocycles. The Balaban J connectivity index is 2.47. The minimum Gasteiger partial charge on any atom is -0.469 e. The monoisotopic (exact) mass is 229 g/mol. The van der Waals surface area contributed by atoms with Gasteiger partial charge in [-0.25, -0.2) is 4.79 Å². The number of nitrogens with zero attached hydrogens (tertiary/aromatic N) is 1. The number of carbonyl (C=O) groups excluding carboxylic acids is 2. The lowest BCUT2D eigenvalue weighted by atomic mass is 10.1. The van der Waals surface area contributed by atoms with E-state index in [1.807, 2.05) is 20.8 Å². The third kappa shape index (κ3) is 3.40. The van der Waals surface area contributed by atoms with Crippen LogP contribution in [-0.2, 0) is 14.3 Å². The van der Waals surface area contributed by atoms with Gasteiger partial charge in [-0.3, -0.25) is 4.79 Å². The second-order valence-corrected chi connectivity index (χ2v) is 4.94. The van der Waals surface area contributed by atoms with Gasteiger partial charge in [0.1, 0.15) is 5.60 Å². The van der Waals surface area contributed by atoms with Gasteiger partial charge in [0.05, 0.1) is 13.0 Å². The fourth-order valence-corrected chi connectivity index (χ4v) is 1.61. The van der Waals surface area contributed by atoms with Gasteiger partial charge in [0, 0.05) is 13.1 Å². The molecule has 0 aromatic heterocycles. The van der Waals surface area contributed by atoms with E-state index in [2.05, 4.69) is 4.74 Å². The predicted octanol–water partition coefficient (Wildman–Crippen LogP) is 1.42. The van der Waals surface area contributed by atoms with Crippen molar-refractivity contribution in [3.63, 3.8) is 0 Å². The molecule has 0 radical (unpaired) electrons. The lowest BCUT2D eigenvalue weighted by molar-refractivity contribution is -0.144. The summed E-state index contributed by atoms with van der Waals surface area (Å²) in [6.45, 7) is 6.40. The SMILES string of the molecule is COC(=O)[C@@H]1CCN(C(=O)OC(C)(C)C)C1. The van der Waals surface area contributed by atoms with Gasteiger partial charge in [-0.1, -0.05) is 0 Å². The molecular formula is C11H19NO4. The smallest absolute Gasteiger partial charge is 0.410 e. The van der Waals surface area contributed by atoms with Crippen LogP contribution in [0.15, 0.2) is 0 Å². The van der Waals surface area contributed by atoms with E-state index < -0.39 is 5.60 Å². The normalized spacial score (nSPS) is 20.8. The molecule has 1 atom stereocenters. The Morgan fingerprint density at radius 1 is 1.31 bits per heavy atom. The highest BCUT2D eigenvalue weighted by molar-refractivity contribution is 5.75. The lowest BCUT2D eigenvalue weighted by Crippen LogP contribution is -2.36. The molecule has 1 rings (SSSR count). The summed E-state index contributed by atoms with van der Waals surface area (Å²) in [7, 11) is 1.36. The first-order valence-corrected chi connectivity index (χ1v) is 5.39. The van der Waals surface area contributed by atoms with E-state index in [9.17, 15) is 9.59 Å². The molecule has 5 nitrogen and oxygen atoms in total. The zero-order valence-electron chi connectivity index (χ0n) is 10.3. The van der Waals surface area contributed by atoms with E-state index >= 15 is 0 Å². The van der Waals surface area contributed by atoms with Crippen molar-refractivity contribution in [2.45, 2.75) is 32.8 Å². The Morgan fingerprint density at radius 3 is 2.44 bits per heavy atom. The van der Waals surface area contributed by atoms with Crippen LogP contribution in [0, 0.1) is 5.92 Å². The van der Waals surface area contributed by atoms with E-state index in [1.54, 1.807) is 4.90 Å².